The van der Waals surface area contributed by atoms with E-state index in [9.17, 15) is 40.7 Å². The third-order valence-electron chi connectivity index (χ3n) is 25.3. The molecule has 34 heteroatoms. The Balaban J connectivity index is 1.21. The van der Waals surface area contributed by atoms with Crippen LogP contribution in [0.4, 0.5) is 35.1 Å². The van der Waals surface area contributed by atoms with Gasteiger partial charge in [-0.2, -0.15) is 26.3 Å². The standard InChI is InChI=1S/C77H120F8N12O14/c1-12-46(4)64-72(107)90(6)44-62(100)91(7)55-22-14-13-19-31-96(71(55)106)59(39-47-23-26-50(27-24-47)76(80,81)82)69(104)89(5)43-60(98)86-54(28-25-48-37-52(78)63(53(79)38-48)77(83,84)85)68(103)97-42-51(110-11)40-57(97)67(102)88-75(29-17-18-30-75)74(109)94(10)65(49-20-15-16-21-49)73(108)93(9)58(70(105)95-32-34-111-35-33-95)41-61(99)92(8)56(36-45(2)3)66(101)87-64/h45-59,63-65H,12-44H2,1-11H3,(H,86,98)(H,87,101)(H,88,102)/t46-,47?,48?,50?,51-,52?,53?,54-,55-,56-,57-,58-,59-,63?,64-,65-/m0/s1. The molecule has 12 amide bonds. The molecule has 111 heavy (non-hydrogen) atoms. The number of hydrogen-bond acceptors (Lipinski definition) is 14. The zero-order chi connectivity index (χ0) is 81.9. The Morgan fingerprint density at radius 2 is 1.21 bits per heavy atom. The fraction of sp³-hybridized carbons (Fsp3) is 0.844. The largest absolute Gasteiger partial charge is 0.397 e. The summed E-state index contributed by atoms with van der Waals surface area (Å²) in [6.07, 6.45) is -14.9. The number of ether oxygens (including phenoxy) is 2. The fourth-order valence-electron chi connectivity index (χ4n) is 18.3. The second-order valence-electron chi connectivity index (χ2n) is 33.3. The molecule has 4 aliphatic heterocycles. The number of nitrogens with one attached hydrogen (secondary N) is 3. The first-order valence-electron chi connectivity index (χ1n) is 40.1. The van der Waals surface area contributed by atoms with Gasteiger partial charge in [-0.15, -0.1) is 0 Å². The van der Waals surface area contributed by atoms with Crippen molar-refractivity contribution in [3.63, 3.8) is 0 Å². The highest BCUT2D eigenvalue weighted by molar-refractivity contribution is 6.01. The minimum atomic E-state index is -5.22. The summed E-state index contributed by atoms with van der Waals surface area (Å²) in [5.41, 5.74) is -1.72. The number of likely N-dealkylation sites (N-methyl/N-ethyl adjacent to an activating group) is 6. The maximum Gasteiger partial charge on any atom is 0.397 e. The molecular formula is C77H120F8N12O14. The van der Waals surface area contributed by atoms with E-state index in [-0.39, 0.29) is 116 Å². The number of alkyl halides is 8. The Morgan fingerprint density at radius 3 is 1.79 bits per heavy atom. The topological polar surface area (TPSA) is 289 Å². The van der Waals surface area contributed by atoms with Crippen LogP contribution in [0.5, 0.6) is 0 Å². The summed E-state index contributed by atoms with van der Waals surface area (Å²) in [7, 11) is 9.45. The second-order valence-corrected chi connectivity index (χ2v) is 33.3. The predicted molar refractivity (Wildman–Crippen MR) is 390 cm³/mol. The quantitative estimate of drug-likeness (QED) is 0.180. The van der Waals surface area contributed by atoms with Crippen LogP contribution in [0.2, 0.25) is 0 Å². The molecule has 1 spiro atoms. The number of rotatable bonds is 12. The summed E-state index contributed by atoms with van der Waals surface area (Å²) in [5.74, 6) is -16.8. The van der Waals surface area contributed by atoms with E-state index in [1.165, 1.54) is 73.9 Å². The van der Waals surface area contributed by atoms with E-state index in [1.807, 2.05) is 13.8 Å². The summed E-state index contributed by atoms with van der Waals surface area (Å²) in [5, 5.41) is 8.51. The van der Waals surface area contributed by atoms with E-state index in [1.54, 1.807) is 13.8 Å². The summed E-state index contributed by atoms with van der Waals surface area (Å²) in [6.45, 7) is 5.78. The van der Waals surface area contributed by atoms with Gasteiger partial charge in [-0.3, -0.25) is 57.5 Å². The van der Waals surface area contributed by atoms with Crippen LogP contribution in [0.25, 0.3) is 0 Å². The van der Waals surface area contributed by atoms with Crippen molar-refractivity contribution >= 4 is 70.9 Å². The van der Waals surface area contributed by atoms with Gasteiger partial charge < -0.3 is 69.5 Å². The Hall–Kier alpha value is -7.00. The maximum absolute atomic E-state index is 15.8. The van der Waals surface area contributed by atoms with Gasteiger partial charge in [0.15, 0.2) is 0 Å². The Kier molecular flexibility index (Phi) is 31.4. The third-order valence-corrected chi connectivity index (χ3v) is 25.3. The van der Waals surface area contributed by atoms with Crippen molar-refractivity contribution in [3.05, 3.63) is 0 Å². The predicted octanol–water partition coefficient (Wildman–Crippen LogP) is 6.35. The molecule has 2 bridgehead atoms. The molecule has 0 aromatic heterocycles. The lowest BCUT2D eigenvalue weighted by Gasteiger charge is -2.42. The first-order chi connectivity index (χ1) is 52.2. The molecule has 26 nitrogen and oxygen atoms in total. The van der Waals surface area contributed by atoms with Crippen molar-refractivity contribution in [2.24, 2.45) is 41.4 Å². The number of carbonyl (C=O) groups is 12. The third kappa shape index (κ3) is 21.9. The van der Waals surface area contributed by atoms with Crippen molar-refractivity contribution in [1.82, 2.24) is 60.0 Å². The molecule has 8 aliphatic rings. The minimum absolute atomic E-state index is 0.00738. The van der Waals surface area contributed by atoms with Gasteiger partial charge in [-0.25, -0.2) is 8.78 Å². The van der Waals surface area contributed by atoms with Crippen LogP contribution in [-0.2, 0) is 67.0 Å². The number of morpholine rings is 1. The number of halogens is 8. The van der Waals surface area contributed by atoms with Crippen molar-refractivity contribution in [1.29, 1.82) is 0 Å². The number of methoxy groups -OCH3 is 1. The first kappa shape index (κ1) is 89.5. The van der Waals surface area contributed by atoms with Crippen molar-refractivity contribution < 1.29 is 102 Å². The zero-order valence-corrected chi connectivity index (χ0v) is 66.5. The SMILES string of the molecule is CC[C@H](C)[C@@H]1NC(=O)[C@H](CC(C)C)N(C)C(=O)C[C@@H](C(=O)N2CCOCC2)N(C)C(=O)[C@H](C2CCCC2)N(C)C(=O)C2(CCCC2)NC(=O)[C@@H]2C[C@H](OC)CN2C(=O)[C@H](CCC2CC(F)C(C(F)(F)F)C(F)C2)NC(=O)CN(C)C(=O)[C@H](CC2CCC(C(F)(F)F)CC2)N2CCCCC[C@@H](C2=O)N(C)C(=O)CN(C)C1=O. The summed E-state index contributed by atoms with van der Waals surface area (Å²) >= 11 is 0. The van der Waals surface area contributed by atoms with Crippen LogP contribution in [0.15, 0.2) is 0 Å². The molecular weight excluding hydrogens is 1470 g/mol. The van der Waals surface area contributed by atoms with Crippen LogP contribution in [0.3, 0.4) is 0 Å². The number of nitrogens with zero attached hydrogens (tertiary/aromatic N) is 9. The van der Waals surface area contributed by atoms with Gasteiger partial charge in [0, 0.05) is 82.0 Å². The number of fused-ring (bicyclic) bond motifs is 3. The number of amides is 12. The lowest BCUT2D eigenvalue weighted by Crippen LogP contribution is -2.65. The van der Waals surface area contributed by atoms with Crippen LogP contribution >= 0.6 is 0 Å². The van der Waals surface area contributed by atoms with E-state index >= 15 is 51.9 Å². The van der Waals surface area contributed by atoms with Gasteiger partial charge in [0.1, 0.15) is 72.1 Å². The second kappa shape index (κ2) is 38.9. The van der Waals surface area contributed by atoms with Crippen LogP contribution in [0, 0.1) is 41.4 Å². The van der Waals surface area contributed by atoms with E-state index in [0.29, 0.717) is 64.2 Å². The molecule has 4 aliphatic carbocycles. The smallest absolute Gasteiger partial charge is 0.380 e. The van der Waals surface area contributed by atoms with Gasteiger partial charge in [0.05, 0.1) is 44.7 Å². The minimum Gasteiger partial charge on any atom is -0.380 e. The molecule has 8 fully saturated rings. The molecule has 0 radical (unpaired) electrons. The van der Waals surface area contributed by atoms with Gasteiger partial charge in [-0.05, 0) is 132 Å². The monoisotopic (exact) mass is 1590 g/mol. The Bertz CT molecular complexity index is 3260. The average molecular weight is 1590 g/mol. The maximum atomic E-state index is 15.8. The lowest BCUT2D eigenvalue weighted by atomic mass is 9.76. The van der Waals surface area contributed by atoms with Crippen LogP contribution in [0.1, 0.15) is 188 Å². The van der Waals surface area contributed by atoms with Gasteiger partial charge in [0.25, 0.3) is 0 Å². The average Bonchev–Trinajstić information content (AvgIpc) is 1.69. The summed E-state index contributed by atoms with van der Waals surface area (Å²) < 4.78 is 127. The van der Waals surface area contributed by atoms with Crippen LogP contribution in [-0.4, -0.2) is 302 Å². The first-order valence-corrected chi connectivity index (χ1v) is 40.1. The molecule has 3 N–H and O–H groups in total. The highest BCUT2D eigenvalue weighted by Gasteiger charge is 2.56. The van der Waals surface area contributed by atoms with Crippen molar-refractivity contribution in [2.45, 2.75) is 273 Å². The van der Waals surface area contributed by atoms with E-state index in [0.717, 1.165) is 19.6 Å². The van der Waals surface area contributed by atoms with Gasteiger partial charge >= 0.3 is 12.4 Å². The van der Waals surface area contributed by atoms with Gasteiger partial charge in [-0.1, -0.05) is 72.6 Å². The van der Waals surface area contributed by atoms with Crippen molar-refractivity contribution in [2.75, 3.05) is 102 Å². The molecule has 4 saturated carbocycles. The Morgan fingerprint density at radius 1 is 0.595 bits per heavy atom. The highest BCUT2D eigenvalue weighted by Crippen LogP contribution is 2.46. The highest BCUT2D eigenvalue weighted by atomic mass is 19.4. The van der Waals surface area contributed by atoms with Gasteiger partial charge in [0.2, 0.25) is 70.9 Å². The lowest BCUT2D eigenvalue weighted by molar-refractivity contribution is -0.219. The normalized spacial score (nSPS) is 32.3. The molecule has 628 valence electrons. The molecule has 4 saturated heterocycles. The molecule has 2 unspecified atom stereocenters. The number of carbonyl (C=O) groups excluding carboxylic acids is 12. The number of hydrogen-bond donors (Lipinski definition) is 3. The molecule has 0 aromatic carbocycles. The van der Waals surface area contributed by atoms with E-state index in [2.05, 4.69) is 16.0 Å². The molecule has 12 atom stereocenters. The van der Waals surface area contributed by atoms with Crippen LogP contribution < -0.4 is 16.0 Å². The summed E-state index contributed by atoms with van der Waals surface area (Å²) in [4.78, 5) is 194. The fourth-order valence-corrected chi connectivity index (χ4v) is 18.3. The molecule has 4 heterocycles. The summed E-state index contributed by atoms with van der Waals surface area (Å²) in [6, 6.07) is -11.3. The molecule has 0 aromatic rings. The molecule has 8 rings (SSSR count). The van der Waals surface area contributed by atoms with E-state index in [4.69, 9.17) is 9.47 Å². The zero-order valence-electron chi connectivity index (χ0n) is 66.5. The Labute approximate surface area is 646 Å². The van der Waals surface area contributed by atoms with Crippen molar-refractivity contribution in [3.8, 4) is 0 Å². The van der Waals surface area contributed by atoms with E-state index < -0.39 is 230 Å².